The van der Waals surface area contributed by atoms with Gasteiger partial charge in [0.05, 0.1) is 5.92 Å². The molecule has 0 radical (unpaired) electrons. The summed E-state index contributed by atoms with van der Waals surface area (Å²) in [6.45, 7) is 3.41. The Morgan fingerprint density at radius 2 is 1.68 bits per heavy atom. The summed E-state index contributed by atoms with van der Waals surface area (Å²) in [6.07, 6.45) is 3.85. The lowest BCUT2D eigenvalue weighted by Gasteiger charge is -2.37. The predicted molar refractivity (Wildman–Crippen MR) is 91.2 cm³/mol. The topological polar surface area (TPSA) is 84.2 Å². The molecule has 2 unspecified atom stereocenters. The summed E-state index contributed by atoms with van der Waals surface area (Å²) in [6, 6.07) is 7.08. The quantitative estimate of drug-likeness (QED) is 0.799. The van der Waals surface area contributed by atoms with Gasteiger partial charge in [-0.1, -0.05) is 12.8 Å². The molecule has 5 nitrogen and oxygen atoms in total. The van der Waals surface area contributed by atoms with Crippen molar-refractivity contribution in [3.05, 3.63) is 24.3 Å². The summed E-state index contributed by atoms with van der Waals surface area (Å²) in [7, 11) is 0. The van der Waals surface area contributed by atoms with Crippen LogP contribution in [0, 0.1) is 5.92 Å². The number of nitrogens with one attached hydrogen (secondary N) is 2. The molecule has 0 aliphatic heterocycles. The van der Waals surface area contributed by atoms with E-state index in [1.807, 2.05) is 6.92 Å². The van der Waals surface area contributed by atoms with Crippen LogP contribution in [-0.4, -0.2) is 17.4 Å². The first-order valence-electron chi connectivity index (χ1n) is 7.36. The van der Waals surface area contributed by atoms with Gasteiger partial charge in [0.2, 0.25) is 11.8 Å². The second-order valence-corrected chi connectivity index (χ2v) is 6.05. The SMILES string of the molecule is CC(=O)Nc1ccc(NC(=O)C2CCCCC2(C)N)cc1.Cl. The molecule has 0 saturated heterocycles. The van der Waals surface area contributed by atoms with Crippen molar-refractivity contribution in [1.82, 2.24) is 0 Å². The molecule has 1 aliphatic rings. The highest BCUT2D eigenvalue weighted by molar-refractivity contribution is 5.94. The van der Waals surface area contributed by atoms with Gasteiger partial charge in [-0.15, -0.1) is 12.4 Å². The van der Waals surface area contributed by atoms with Crippen molar-refractivity contribution >= 4 is 35.6 Å². The molecule has 1 aromatic carbocycles. The standard InChI is InChI=1S/C16H23N3O2.ClH/c1-11(20)18-12-6-8-13(9-7-12)19-15(21)14-5-3-4-10-16(14,2)17;/h6-9,14H,3-5,10,17H2,1-2H3,(H,18,20)(H,19,21);1H. The number of carbonyl (C=O) groups excluding carboxylic acids is 2. The van der Waals surface area contributed by atoms with E-state index in [0.717, 1.165) is 31.4 Å². The van der Waals surface area contributed by atoms with Crippen molar-refractivity contribution in [3.8, 4) is 0 Å². The molecule has 2 atom stereocenters. The first kappa shape index (κ1) is 18.5. The number of nitrogens with two attached hydrogens (primary N) is 1. The molecular weight excluding hydrogens is 302 g/mol. The van der Waals surface area contributed by atoms with Crippen LogP contribution in [-0.2, 0) is 9.59 Å². The number of halogens is 1. The van der Waals surface area contributed by atoms with Gasteiger partial charge in [-0.25, -0.2) is 0 Å². The molecule has 1 aliphatic carbocycles. The monoisotopic (exact) mass is 325 g/mol. The van der Waals surface area contributed by atoms with Gasteiger partial charge >= 0.3 is 0 Å². The minimum absolute atomic E-state index is 0. The Morgan fingerprint density at radius 1 is 1.14 bits per heavy atom. The number of rotatable bonds is 3. The van der Waals surface area contributed by atoms with Crippen molar-refractivity contribution in [1.29, 1.82) is 0 Å². The van der Waals surface area contributed by atoms with Crippen molar-refractivity contribution in [3.63, 3.8) is 0 Å². The maximum atomic E-state index is 12.4. The normalized spacial score (nSPS) is 24.0. The van der Waals surface area contributed by atoms with E-state index in [9.17, 15) is 9.59 Å². The summed E-state index contributed by atoms with van der Waals surface area (Å²) < 4.78 is 0. The van der Waals surface area contributed by atoms with E-state index in [-0.39, 0.29) is 30.1 Å². The van der Waals surface area contributed by atoms with Crippen LogP contribution in [0.1, 0.15) is 39.5 Å². The van der Waals surface area contributed by atoms with Gasteiger partial charge in [0, 0.05) is 23.8 Å². The summed E-state index contributed by atoms with van der Waals surface area (Å²) in [5.41, 5.74) is 7.24. The maximum absolute atomic E-state index is 12.4. The van der Waals surface area contributed by atoms with Crippen LogP contribution in [0.25, 0.3) is 0 Å². The third-order valence-corrected chi connectivity index (χ3v) is 4.04. The zero-order chi connectivity index (χ0) is 15.5. The average molecular weight is 326 g/mol. The van der Waals surface area contributed by atoms with Crippen molar-refractivity contribution in [2.24, 2.45) is 11.7 Å². The Labute approximate surface area is 137 Å². The number of benzene rings is 1. The summed E-state index contributed by atoms with van der Waals surface area (Å²) in [4.78, 5) is 23.3. The number of anilines is 2. The largest absolute Gasteiger partial charge is 0.326 e. The lowest BCUT2D eigenvalue weighted by Crippen LogP contribution is -2.51. The van der Waals surface area contributed by atoms with Gasteiger partial charge in [0.1, 0.15) is 0 Å². The van der Waals surface area contributed by atoms with Gasteiger partial charge in [0.15, 0.2) is 0 Å². The van der Waals surface area contributed by atoms with Gasteiger partial charge in [-0.3, -0.25) is 9.59 Å². The molecule has 6 heteroatoms. The highest BCUT2D eigenvalue weighted by atomic mass is 35.5. The molecule has 0 bridgehead atoms. The number of carbonyl (C=O) groups is 2. The van der Waals surface area contributed by atoms with E-state index in [2.05, 4.69) is 10.6 Å². The zero-order valence-electron chi connectivity index (χ0n) is 13.0. The molecule has 2 amide bonds. The Morgan fingerprint density at radius 3 is 2.18 bits per heavy atom. The molecule has 0 spiro atoms. The first-order valence-corrected chi connectivity index (χ1v) is 7.36. The summed E-state index contributed by atoms with van der Waals surface area (Å²) in [5, 5.41) is 5.61. The van der Waals surface area contributed by atoms with Crippen molar-refractivity contribution in [2.75, 3.05) is 10.6 Å². The Hall–Kier alpha value is -1.59. The fraction of sp³-hybridized carbons (Fsp3) is 0.500. The van der Waals surface area contributed by atoms with Gasteiger partial charge < -0.3 is 16.4 Å². The zero-order valence-corrected chi connectivity index (χ0v) is 13.8. The van der Waals surface area contributed by atoms with Crippen LogP contribution in [0.3, 0.4) is 0 Å². The lowest BCUT2D eigenvalue weighted by atomic mass is 9.74. The van der Waals surface area contributed by atoms with Crippen LogP contribution in [0.5, 0.6) is 0 Å². The maximum Gasteiger partial charge on any atom is 0.229 e. The van der Waals surface area contributed by atoms with Crippen LogP contribution in [0.2, 0.25) is 0 Å². The van der Waals surface area contributed by atoms with E-state index >= 15 is 0 Å². The predicted octanol–water partition coefficient (Wildman–Crippen LogP) is 2.91. The third-order valence-electron chi connectivity index (χ3n) is 4.04. The van der Waals surface area contributed by atoms with E-state index in [1.165, 1.54) is 6.92 Å². The number of hydrogen-bond acceptors (Lipinski definition) is 3. The minimum Gasteiger partial charge on any atom is -0.326 e. The van der Waals surface area contributed by atoms with Gasteiger partial charge in [0.25, 0.3) is 0 Å². The highest BCUT2D eigenvalue weighted by Crippen LogP contribution is 2.32. The second kappa shape index (κ2) is 7.61. The van der Waals surface area contributed by atoms with Crippen molar-refractivity contribution in [2.45, 2.75) is 45.1 Å². The molecule has 1 fully saturated rings. The van der Waals surface area contributed by atoms with Crippen molar-refractivity contribution < 1.29 is 9.59 Å². The smallest absolute Gasteiger partial charge is 0.229 e. The molecule has 1 aromatic rings. The second-order valence-electron chi connectivity index (χ2n) is 6.05. The number of amides is 2. The van der Waals surface area contributed by atoms with Crippen LogP contribution < -0.4 is 16.4 Å². The number of hydrogen-bond donors (Lipinski definition) is 3. The summed E-state index contributed by atoms with van der Waals surface area (Å²) in [5.74, 6) is -0.291. The molecule has 2 rings (SSSR count). The van der Waals surface area contributed by atoms with E-state index in [4.69, 9.17) is 5.73 Å². The molecule has 0 aromatic heterocycles. The molecule has 1 saturated carbocycles. The first-order chi connectivity index (χ1) is 9.88. The third kappa shape index (κ3) is 4.71. The van der Waals surface area contributed by atoms with E-state index in [0.29, 0.717) is 5.69 Å². The fourth-order valence-corrected chi connectivity index (χ4v) is 2.86. The summed E-state index contributed by atoms with van der Waals surface area (Å²) >= 11 is 0. The van der Waals surface area contributed by atoms with E-state index < -0.39 is 5.54 Å². The van der Waals surface area contributed by atoms with Gasteiger partial charge in [-0.2, -0.15) is 0 Å². The van der Waals surface area contributed by atoms with Crippen LogP contribution in [0.4, 0.5) is 11.4 Å². The van der Waals surface area contributed by atoms with Crippen LogP contribution >= 0.6 is 12.4 Å². The van der Waals surface area contributed by atoms with Crippen LogP contribution in [0.15, 0.2) is 24.3 Å². The minimum atomic E-state index is -0.432. The Balaban J connectivity index is 0.00000242. The van der Waals surface area contributed by atoms with Gasteiger partial charge in [-0.05, 0) is 44.0 Å². The Bertz CT molecular complexity index is 529. The molecule has 4 N–H and O–H groups in total. The molecular formula is C16H24ClN3O2. The molecule has 0 heterocycles. The average Bonchev–Trinajstić information content (AvgIpc) is 2.39. The molecule has 22 heavy (non-hydrogen) atoms. The molecule has 122 valence electrons. The van der Waals surface area contributed by atoms with E-state index in [1.54, 1.807) is 24.3 Å². The fourth-order valence-electron chi connectivity index (χ4n) is 2.86. The lowest BCUT2D eigenvalue weighted by molar-refractivity contribution is -0.122. The highest BCUT2D eigenvalue weighted by Gasteiger charge is 2.37. The Kier molecular flexibility index (Phi) is 6.38.